The lowest BCUT2D eigenvalue weighted by atomic mass is 10.1. The van der Waals surface area contributed by atoms with Crippen molar-refractivity contribution in [3.05, 3.63) is 58.5 Å². The predicted octanol–water partition coefficient (Wildman–Crippen LogP) is 4.00. The minimum Gasteiger partial charge on any atom is -0.493 e. The van der Waals surface area contributed by atoms with Gasteiger partial charge >= 0.3 is 0 Å². The maximum absolute atomic E-state index is 5.38. The highest BCUT2D eigenvalue weighted by Crippen LogP contribution is 2.33. The van der Waals surface area contributed by atoms with Crippen LogP contribution in [0.4, 0.5) is 0 Å². The van der Waals surface area contributed by atoms with Gasteiger partial charge in [0.25, 0.3) is 0 Å². The third-order valence-electron chi connectivity index (χ3n) is 3.54. The summed E-state index contributed by atoms with van der Waals surface area (Å²) in [6.07, 6.45) is 2.30. The monoisotopic (exact) mass is 358 g/mol. The molecule has 2 aromatic carbocycles. The topological polar surface area (TPSA) is 44.2 Å². The number of fused-ring (bicyclic) bond motifs is 1. The molecule has 0 aliphatic carbocycles. The van der Waals surface area contributed by atoms with E-state index in [0.717, 1.165) is 27.5 Å². The highest BCUT2D eigenvalue weighted by atomic mass is 79.9. The molecular formula is C17H15BrN2O2. The van der Waals surface area contributed by atoms with Crippen LogP contribution >= 0.6 is 15.9 Å². The first kappa shape index (κ1) is 14.8. The Morgan fingerprint density at radius 3 is 2.45 bits per heavy atom. The molecule has 0 amide bonds. The van der Waals surface area contributed by atoms with Gasteiger partial charge < -0.3 is 9.47 Å². The van der Waals surface area contributed by atoms with E-state index in [0.29, 0.717) is 11.5 Å². The molecule has 0 atom stereocenters. The summed E-state index contributed by atoms with van der Waals surface area (Å²) >= 11 is 3.58. The van der Waals surface area contributed by atoms with E-state index >= 15 is 0 Å². The molecule has 112 valence electrons. The van der Waals surface area contributed by atoms with Gasteiger partial charge in [-0.1, -0.05) is 34.1 Å². The molecular weight excluding hydrogens is 344 g/mol. The van der Waals surface area contributed by atoms with Crippen molar-refractivity contribution in [3.8, 4) is 11.5 Å². The first-order chi connectivity index (χ1) is 10.7. The highest BCUT2D eigenvalue weighted by molar-refractivity contribution is 9.10. The molecule has 0 unspecified atom stereocenters. The van der Waals surface area contributed by atoms with Gasteiger partial charge in [-0.15, -0.1) is 0 Å². The minimum absolute atomic E-state index is 0.667. The molecule has 4 nitrogen and oxygen atoms in total. The Bertz CT molecular complexity index is 821. The number of nitrogens with zero attached hydrogens (tertiary/aromatic N) is 2. The molecule has 5 heteroatoms. The fourth-order valence-electron chi connectivity index (χ4n) is 2.40. The molecule has 22 heavy (non-hydrogen) atoms. The normalized spacial score (nSPS) is 10.7. The molecule has 0 aliphatic rings. The average molecular weight is 359 g/mol. The summed E-state index contributed by atoms with van der Waals surface area (Å²) in [5.41, 5.74) is 2.98. The van der Waals surface area contributed by atoms with E-state index < -0.39 is 0 Å². The standard InChI is InChI=1S/C17H15BrN2O2/c1-21-16-8-12-14(7-11-5-3-4-6-13(11)18)19-10-20-15(12)9-17(16)22-2/h3-6,8-10H,7H2,1-2H3. The van der Waals surface area contributed by atoms with Crippen molar-refractivity contribution < 1.29 is 9.47 Å². The zero-order valence-corrected chi connectivity index (χ0v) is 13.9. The molecule has 3 rings (SSSR count). The summed E-state index contributed by atoms with van der Waals surface area (Å²) in [4.78, 5) is 8.78. The van der Waals surface area contributed by atoms with Gasteiger partial charge in [-0.3, -0.25) is 0 Å². The van der Waals surface area contributed by atoms with Gasteiger partial charge in [0.05, 0.1) is 25.4 Å². The van der Waals surface area contributed by atoms with E-state index in [9.17, 15) is 0 Å². The molecule has 0 aliphatic heterocycles. The lowest BCUT2D eigenvalue weighted by Crippen LogP contribution is -1.98. The van der Waals surface area contributed by atoms with Crippen LogP contribution in [0.25, 0.3) is 10.9 Å². The lowest BCUT2D eigenvalue weighted by Gasteiger charge is -2.11. The van der Waals surface area contributed by atoms with Gasteiger partial charge in [-0.05, 0) is 17.7 Å². The molecule has 0 saturated heterocycles. The van der Waals surface area contributed by atoms with E-state index in [1.54, 1.807) is 20.5 Å². The molecule has 3 aromatic rings. The second-order valence-corrected chi connectivity index (χ2v) is 5.67. The second-order valence-electron chi connectivity index (χ2n) is 4.81. The zero-order valence-electron chi connectivity index (χ0n) is 12.3. The number of benzene rings is 2. The first-order valence-electron chi connectivity index (χ1n) is 6.82. The Labute approximate surface area is 137 Å². The van der Waals surface area contributed by atoms with Gasteiger partial charge in [0.2, 0.25) is 0 Å². The summed E-state index contributed by atoms with van der Waals surface area (Å²) in [5.74, 6) is 1.35. The van der Waals surface area contributed by atoms with E-state index in [2.05, 4.69) is 32.0 Å². The summed E-state index contributed by atoms with van der Waals surface area (Å²) in [5, 5.41) is 0.968. The average Bonchev–Trinajstić information content (AvgIpc) is 2.56. The maximum atomic E-state index is 5.38. The van der Waals surface area contributed by atoms with Gasteiger partial charge in [0, 0.05) is 22.3 Å². The maximum Gasteiger partial charge on any atom is 0.162 e. The molecule has 1 aromatic heterocycles. The smallest absolute Gasteiger partial charge is 0.162 e. The Kier molecular flexibility index (Phi) is 4.24. The number of ether oxygens (including phenoxy) is 2. The van der Waals surface area contributed by atoms with E-state index in [1.165, 1.54) is 5.56 Å². The summed E-state index contributed by atoms with van der Waals surface area (Å²) in [6, 6.07) is 11.9. The molecule has 0 N–H and O–H groups in total. The van der Waals surface area contributed by atoms with Crippen LogP contribution in [0.15, 0.2) is 47.2 Å². The van der Waals surface area contributed by atoms with Crippen LogP contribution in [0, 0.1) is 0 Å². The summed E-state index contributed by atoms with van der Waals surface area (Å²) in [6.45, 7) is 0. The number of methoxy groups -OCH3 is 2. The van der Waals surface area contributed by atoms with Crippen LogP contribution in [-0.4, -0.2) is 24.2 Å². The van der Waals surface area contributed by atoms with Crippen LogP contribution < -0.4 is 9.47 Å². The van der Waals surface area contributed by atoms with Crippen molar-refractivity contribution in [1.29, 1.82) is 0 Å². The van der Waals surface area contributed by atoms with Crippen LogP contribution in [-0.2, 0) is 6.42 Å². The number of aromatic nitrogens is 2. The molecule has 0 bridgehead atoms. The van der Waals surface area contributed by atoms with Crippen LogP contribution in [0.2, 0.25) is 0 Å². The van der Waals surface area contributed by atoms with Gasteiger partial charge in [-0.2, -0.15) is 0 Å². The Morgan fingerprint density at radius 1 is 1.00 bits per heavy atom. The van der Waals surface area contributed by atoms with Crippen molar-refractivity contribution in [2.45, 2.75) is 6.42 Å². The largest absolute Gasteiger partial charge is 0.493 e. The Hall–Kier alpha value is -2.14. The number of hydrogen-bond acceptors (Lipinski definition) is 4. The molecule has 0 spiro atoms. The van der Waals surface area contributed by atoms with Gasteiger partial charge in [0.1, 0.15) is 6.33 Å². The predicted molar refractivity (Wildman–Crippen MR) is 89.6 cm³/mol. The van der Waals surface area contributed by atoms with Crippen molar-refractivity contribution in [1.82, 2.24) is 9.97 Å². The Morgan fingerprint density at radius 2 is 1.73 bits per heavy atom. The van der Waals surface area contributed by atoms with Crippen molar-refractivity contribution in [2.75, 3.05) is 14.2 Å². The SMILES string of the molecule is COc1cc2ncnc(Cc3ccccc3Br)c2cc1OC. The third-order valence-corrected chi connectivity index (χ3v) is 4.31. The molecule has 0 saturated carbocycles. The van der Waals surface area contributed by atoms with E-state index in [-0.39, 0.29) is 0 Å². The number of rotatable bonds is 4. The van der Waals surface area contributed by atoms with Crippen LogP contribution in [0.5, 0.6) is 11.5 Å². The van der Waals surface area contributed by atoms with Gasteiger partial charge in [-0.25, -0.2) is 9.97 Å². The number of halogens is 1. The van der Waals surface area contributed by atoms with Crippen molar-refractivity contribution in [2.24, 2.45) is 0 Å². The zero-order chi connectivity index (χ0) is 15.5. The summed E-state index contributed by atoms with van der Waals surface area (Å²) in [7, 11) is 3.24. The molecule has 0 radical (unpaired) electrons. The van der Waals surface area contributed by atoms with Crippen LogP contribution in [0.1, 0.15) is 11.3 Å². The fourth-order valence-corrected chi connectivity index (χ4v) is 2.82. The van der Waals surface area contributed by atoms with Crippen LogP contribution in [0.3, 0.4) is 0 Å². The number of hydrogen-bond donors (Lipinski definition) is 0. The molecule has 1 heterocycles. The Balaban J connectivity index is 2.12. The highest BCUT2D eigenvalue weighted by Gasteiger charge is 2.12. The fraction of sp³-hybridized carbons (Fsp3) is 0.176. The van der Waals surface area contributed by atoms with Crippen molar-refractivity contribution in [3.63, 3.8) is 0 Å². The van der Waals surface area contributed by atoms with Crippen molar-refractivity contribution >= 4 is 26.8 Å². The summed E-state index contributed by atoms with van der Waals surface area (Å²) < 4.78 is 11.8. The quantitative estimate of drug-likeness (QED) is 0.706. The molecule has 0 fully saturated rings. The second kappa shape index (κ2) is 6.32. The first-order valence-corrected chi connectivity index (χ1v) is 7.61. The minimum atomic E-state index is 0.667. The van der Waals surface area contributed by atoms with Gasteiger partial charge in [0.15, 0.2) is 11.5 Å². The third kappa shape index (κ3) is 2.76. The van der Waals surface area contributed by atoms with E-state index in [4.69, 9.17) is 9.47 Å². The lowest BCUT2D eigenvalue weighted by molar-refractivity contribution is 0.355. The van der Waals surface area contributed by atoms with E-state index in [1.807, 2.05) is 30.3 Å².